The first-order valence-corrected chi connectivity index (χ1v) is 6.38. The molecular weight excluding hydrogens is 233 g/mol. The van der Waals surface area contributed by atoms with Gasteiger partial charge in [0.2, 0.25) is 0 Å². The normalized spacial score (nSPS) is 20.2. The Hall–Kier alpha value is -1.26. The van der Waals surface area contributed by atoms with E-state index in [1.165, 1.54) is 6.07 Å². The SMILES string of the molecule is O=C1CCc2cc(CN3CCOCC3)c(F)cc21. The molecule has 1 aromatic rings. The minimum Gasteiger partial charge on any atom is -0.379 e. The van der Waals surface area contributed by atoms with Crippen molar-refractivity contribution < 1.29 is 13.9 Å². The first-order valence-electron chi connectivity index (χ1n) is 6.38. The molecule has 3 nitrogen and oxygen atoms in total. The third-order valence-corrected chi connectivity index (χ3v) is 3.69. The van der Waals surface area contributed by atoms with Crippen LogP contribution in [0.4, 0.5) is 4.39 Å². The number of halogens is 1. The molecule has 1 aliphatic heterocycles. The van der Waals surface area contributed by atoms with E-state index in [1.54, 1.807) is 0 Å². The van der Waals surface area contributed by atoms with Gasteiger partial charge in [-0.2, -0.15) is 0 Å². The van der Waals surface area contributed by atoms with Crippen LogP contribution >= 0.6 is 0 Å². The number of hydrogen-bond donors (Lipinski definition) is 0. The van der Waals surface area contributed by atoms with Crippen molar-refractivity contribution in [3.63, 3.8) is 0 Å². The summed E-state index contributed by atoms with van der Waals surface area (Å²) < 4.78 is 19.2. The number of Topliss-reactive ketones (excluding diaryl/α,β-unsaturated/α-hetero) is 1. The van der Waals surface area contributed by atoms with Gasteiger partial charge in [-0.1, -0.05) is 6.07 Å². The average molecular weight is 249 g/mol. The fourth-order valence-electron chi connectivity index (χ4n) is 2.64. The van der Waals surface area contributed by atoms with Gasteiger partial charge < -0.3 is 4.74 Å². The van der Waals surface area contributed by atoms with Crippen molar-refractivity contribution in [1.82, 2.24) is 4.90 Å². The van der Waals surface area contributed by atoms with Crippen molar-refractivity contribution in [1.29, 1.82) is 0 Å². The zero-order valence-electron chi connectivity index (χ0n) is 10.2. The zero-order valence-corrected chi connectivity index (χ0v) is 10.2. The number of benzene rings is 1. The molecule has 0 atom stereocenters. The van der Waals surface area contributed by atoms with Gasteiger partial charge in [0, 0.05) is 37.2 Å². The smallest absolute Gasteiger partial charge is 0.163 e. The van der Waals surface area contributed by atoms with Crippen LogP contribution in [-0.4, -0.2) is 37.0 Å². The number of morpholine rings is 1. The number of carbonyl (C=O) groups excluding carboxylic acids is 1. The fraction of sp³-hybridized carbons (Fsp3) is 0.500. The third-order valence-electron chi connectivity index (χ3n) is 3.69. The van der Waals surface area contributed by atoms with E-state index >= 15 is 0 Å². The lowest BCUT2D eigenvalue weighted by atomic mass is 10.0. The van der Waals surface area contributed by atoms with Crippen LogP contribution in [-0.2, 0) is 17.7 Å². The molecule has 1 fully saturated rings. The molecule has 0 N–H and O–H groups in total. The molecule has 0 unspecified atom stereocenters. The number of carbonyl (C=O) groups is 1. The van der Waals surface area contributed by atoms with E-state index in [9.17, 15) is 9.18 Å². The topological polar surface area (TPSA) is 29.5 Å². The molecule has 0 bridgehead atoms. The van der Waals surface area contributed by atoms with Crippen LogP contribution in [0.2, 0.25) is 0 Å². The molecule has 2 aliphatic rings. The van der Waals surface area contributed by atoms with Gasteiger partial charge in [-0.3, -0.25) is 9.69 Å². The summed E-state index contributed by atoms with van der Waals surface area (Å²) in [5, 5.41) is 0. The predicted octanol–water partition coefficient (Wildman–Crippen LogP) is 1.79. The van der Waals surface area contributed by atoms with Crippen molar-refractivity contribution in [2.45, 2.75) is 19.4 Å². The number of hydrogen-bond acceptors (Lipinski definition) is 3. The Bertz CT molecular complexity index is 481. The summed E-state index contributed by atoms with van der Waals surface area (Å²) in [6.07, 6.45) is 1.28. The minimum absolute atomic E-state index is 0.0711. The molecule has 96 valence electrons. The number of aryl methyl sites for hydroxylation is 1. The van der Waals surface area contributed by atoms with Gasteiger partial charge >= 0.3 is 0 Å². The van der Waals surface area contributed by atoms with Gasteiger partial charge in [0.15, 0.2) is 5.78 Å². The Morgan fingerprint density at radius 3 is 2.78 bits per heavy atom. The van der Waals surface area contributed by atoms with Crippen LogP contribution in [0.15, 0.2) is 12.1 Å². The highest BCUT2D eigenvalue weighted by molar-refractivity contribution is 6.00. The highest BCUT2D eigenvalue weighted by atomic mass is 19.1. The van der Waals surface area contributed by atoms with Crippen LogP contribution in [0.3, 0.4) is 0 Å². The molecule has 0 radical (unpaired) electrons. The van der Waals surface area contributed by atoms with Crippen LogP contribution in [0.5, 0.6) is 0 Å². The van der Waals surface area contributed by atoms with E-state index in [0.29, 0.717) is 37.3 Å². The molecule has 1 aliphatic carbocycles. The van der Waals surface area contributed by atoms with E-state index in [4.69, 9.17) is 4.74 Å². The quantitative estimate of drug-likeness (QED) is 0.800. The summed E-state index contributed by atoms with van der Waals surface area (Å²) in [6, 6.07) is 3.28. The monoisotopic (exact) mass is 249 g/mol. The Morgan fingerprint density at radius 2 is 2.00 bits per heavy atom. The second-order valence-corrected chi connectivity index (χ2v) is 4.91. The molecule has 0 aromatic heterocycles. The first-order chi connectivity index (χ1) is 8.74. The molecule has 1 aromatic carbocycles. The summed E-state index contributed by atoms with van der Waals surface area (Å²) in [5.74, 6) is -0.183. The minimum atomic E-state index is -0.254. The van der Waals surface area contributed by atoms with Crippen molar-refractivity contribution in [3.8, 4) is 0 Å². The van der Waals surface area contributed by atoms with E-state index in [2.05, 4.69) is 4.90 Å². The van der Waals surface area contributed by atoms with Crippen molar-refractivity contribution in [2.75, 3.05) is 26.3 Å². The standard InChI is InChI=1S/C14H16FNO2/c15-13-8-12-10(1-2-14(12)17)7-11(13)9-16-3-5-18-6-4-16/h7-8H,1-6,9H2. The largest absolute Gasteiger partial charge is 0.379 e. The maximum atomic E-state index is 14.0. The Kier molecular flexibility index (Phi) is 3.14. The van der Waals surface area contributed by atoms with E-state index in [-0.39, 0.29) is 11.6 Å². The van der Waals surface area contributed by atoms with Gasteiger partial charge in [-0.05, 0) is 18.1 Å². The van der Waals surface area contributed by atoms with Crippen molar-refractivity contribution in [3.05, 3.63) is 34.6 Å². The third kappa shape index (κ3) is 2.18. The van der Waals surface area contributed by atoms with Crippen LogP contribution in [0.25, 0.3) is 0 Å². The molecular formula is C14H16FNO2. The second-order valence-electron chi connectivity index (χ2n) is 4.91. The molecule has 1 heterocycles. The van der Waals surface area contributed by atoms with Crippen molar-refractivity contribution >= 4 is 5.78 Å². The molecule has 0 saturated carbocycles. The van der Waals surface area contributed by atoms with Crippen LogP contribution in [0.1, 0.15) is 27.9 Å². The first kappa shape index (κ1) is 11.8. The number of ketones is 1. The lowest BCUT2D eigenvalue weighted by Crippen LogP contribution is -2.35. The van der Waals surface area contributed by atoms with Gasteiger partial charge in [0.1, 0.15) is 5.82 Å². The predicted molar refractivity (Wildman–Crippen MR) is 65.1 cm³/mol. The number of nitrogens with zero attached hydrogens (tertiary/aromatic N) is 1. The van der Waals surface area contributed by atoms with Gasteiger partial charge in [-0.25, -0.2) is 4.39 Å². The summed E-state index contributed by atoms with van der Waals surface area (Å²) in [6.45, 7) is 3.72. The highest BCUT2D eigenvalue weighted by Crippen LogP contribution is 2.25. The van der Waals surface area contributed by atoms with Crippen LogP contribution in [0, 0.1) is 5.82 Å². The average Bonchev–Trinajstić information content (AvgIpc) is 2.73. The fourth-order valence-corrected chi connectivity index (χ4v) is 2.64. The highest BCUT2D eigenvalue weighted by Gasteiger charge is 2.22. The van der Waals surface area contributed by atoms with E-state index in [0.717, 1.165) is 25.1 Å². The molecule has 4 heteroatoms. The summed E-state index contributed by atoms with van der Waals surface area (Å²) in [5.41, 5.74) is 2.29. The maximum absolute atomic E-state index is 14.0. The molecule has 18 heavy (non-hydrogen) atoms. The Balaban J connectivity index is 1.82. The van der Waals surface area contributed by atoms with E-state index < -0.39 is 0 Å². The van der Waals surface area contributed by atoms with Gasteiger partial charge in [-0.15, -0.1) is 0 Å². The zero-order chi connectivity index (χ0) is 12.5. The Morgan fingerprint density at radius 1 is 1.22 bits per heavy atom. The number of rotatable bonds is 2. The summed E-state index contributed by atoms with van der Waals surface area (Å²) >= 11 is 0. The lowest BCUT2D eigenvalue weighted by molar-refractivity contribution is 0.0337. The summed E-state index contributed by atoms with van der Waals surface area (Å²) in [4.78, 5) is 13.7. The second kappa shape index (κ2) is 4.78. The Labute approximate surface area is 106 Å². The molecule has 0 amide bonds. The summed E-state index contributed by atoms with van der Waals surface area (Å²) in [7, 11) is 0. The van der Waals surface area contributed by atoms with Gasteiger partial charge in [0.05, 0.1) is 13.2 Å². The van der Waals surface area contributed by atoms with Gasteiger partial charge in [0.25, 0.3) is 0 Å². The number of fused-ring (bicyclic) bond motifs is 1. The molecule has 1 saturated heterocycles. The maximum Gasteiger partial charge on any atom is 0.163 e. The molecule has 0 spiro atoms. The lowest BCUT2D eigenvalue weighted by Gasteiger charge is -2.26. The van der Waals surface area contributed by atoms with E-state index in [1.807, 2.05) is 6.07 Å². The number of ether oxygens (including phenoxy) is 1. The molecule has 3 rings (SSSR count). The van der Waals surface area contributed by atoms with Crippen molar-refractivity contribution in [2.24, 2.45) is 0 Å². The van der Waals surface area contributed by atoms with Crippen LogP contribution < -0.4 is 0 Å².